The van der Waals surface area contributed by atoms with E-state index in [1.807, 2.05) is 0 Å². The molecule has 2 rings (SSSR count). The molecule has 4 unspecified atom stereocenters. The van der Waals surface area contributed by atoms with E-state index in [0.29, 0.717) is 26.2 Å². The van der Waals surface area contributed by atoms with Crippen molar-refractivity contribution in [1.29, 1.82) is 0 Å². The predicted octanol–water partition coefficient (Wildman–Crippen LogP) is 5.54. The van der Waals surface area contributed by atoms with E-state index in [4.69, 9.17) is 14.2 Å². The molecule has 0 saturated carbocycles. The first-order chi connectivity index (χ1) is 12.6. The van der Waals surface area contributed by atoms with Crippen molar-refractivity contribution in [2.24, 2.45) is 0 Å². The lowest BCUT2D eigenvalue weighted by molar-refractivity contribution is -0.152. The van der Waals surface area contributed by atoms with E-state index in [1.165, 1.54) is 5.56 Å². The fraction of sp³-hybridized carbons (Fsp3) is 0.714. The largest absolute Gasteiger partial charge is 0.379 e. The van der Waals surface area contributed by atoms with E-state index in [1.54, 1.807) is 11.8 Å². The van der Waals surface area contributed by atoms with Crippen molar-refractivity contribution in [3.63, 3.8) is 0 Å². The van der Waals surface area contributed by atoms with Crippen molar-refractivity contribution in [3.05, 3.63) is 29.8 Å². The van der Waals surface area contributed by atoms with Crippen molar-refractivity contribution in [2.45, 2.75) is 81.6 Å². The van der Waals surface area contributed by atoms with E-state index >= 15 is 0 Å². The van der Waals surface area contributed by atoms with Gasteiger partial charge < -0.3 is 14.2 Å². The molecule has 1 aliphatic rings. The van der Waals surface area contributed by atoms with Crippen LogP contribution in [0.5, 0.6) is 0 Å². The summed E-state index contributed by atoms with van der Waals surface area (Å²) in [4.78, 5) is 1.12. The number of aryl methyl sites for hydroxylation is 1. The molecule has 1 aromatic rings. The predicted molar refractivity (Wildman–Crippen MR) is 106 cm³/mol. The molecule has 0 aromatic heterocycles. The number of rotatable bonds is 11. The van der Waals surface area contributed by atoms with Gasteiger partial charge in [-0.25, -0.2) is 4.39 Å². The molecule has 0 radical (unpaired) electrons. The minimum atomic E-state index is -1.04. The number of hydrogen-bond acceptors (Lipinski definition) is 4. The van der Waals surface area contributed by atoms with Crippen LogP contribution in [0.1, 0.15) is 51.5 Å². The third-order valence-electron chi connectivity index (χ3n) is 4.50. The molecule has 0 spiro atoms. The summed E-state index contributed by atoms with van der Waals surface area (Å²) in [5.74, 6) is 0. The second-order valence-corrected chi connectivity index (χ2v) is 8.09. The van der Waals surface area contributed by atoms with Crippen LogP contribution in [0.25, 0.3) is 0 Å². The zero-order valence-corrected chi connectivity index (χ0v) is 17.1. The van der Waals surface area contributed by atoms with Crippen LogP contribution in [0.3, 0.4) is 0 Å². The fourth-order valence-corrected chi connectivity index (χ4v) is 3.90. The van der Waals surface area contributed by atoms with Crippen LogP contribution >= 0.6 is 11.8 Å². The van der Waals surface area contributed by atoms with Crippen LogP contribution in [0.15, 0.2) is 29.2 Å². The zero-order chi connectivity index (χ0) is 18.8. The summed E-state index contributed by atoms with van der Waals surface area (Å²) in [7, 11) is 0. The summed E-state index contributed by atoms with van der Waals surface area (Å²) in [5.41, 5.74) is 1.02. The lowest BCUT2D eigenvalue weighted by atomic mass is 10.1. The van der Waals surface area contributed by atoms with Gasteiger partial charge in [-0.05, 0) is 31.9 Å². The highest BCUT2D eigenvalue weighted by molar-refractivity contribution is 7.99. The summed E-state index contributed by atoms with van der Waals surface area (Å²) >= 11 is 1.62. The van der Waals surface area contributed by atoms with Gasteiger partial charge >= 0.3 is 0 Å². The van der Waals surface area contributed by atoms with Gasteiger partial charge in [0, 0.05) is 24.5 Å². The average Bonchev–Trinajstić information content (AvgIpc) is 2.63. The molecule has 0 amide bonds. The summed E-state index contributed by atoms with van der Waals surface area (Å²) in [6.07, 6.45) is 2.70. The molecule has 0 bridgehead atoms. The lowest BCUT2D eigenvalue weighted by Crippen LogP contribution is -2.47. The summed E-state index contributed by atoms with van der Waals surface area (Å²) < 4.78 is 32.3. The quantitative estimate of drug-likeness (QED) is 0.468. The van der Waals surface area contributed by atoms with Crippen LogP contribution in [0.2, 0.25) is 0 Å². The summed E-state index contributed by atoms with van der Waals surface area (Å²) in [6, 6.07) is 8.34. The minimum Gasteiger partial charge on any atom is -0.379 e. The second kappa shape index (κ2) is 12.0. The number of unbranched alkanes of at least 4 members (excludes halogenated alkanes) is 2. The molecule has 1 aliphatic heterocycles. The maximum atomic E-state index is 14.6. The highest BCUT2D eigenvalue weighted by Gasteiger charge is 2.39. The molecular weight excluding hydrogens is 351 g/mol. The molecule has 1 aromatic carbocycles. The molecule has 1 fully saturated rings. The third kappa shape index (κ3) is 7.18. The number of benzene rings is 1. The van der Waals surface area contributed by atoms with Crippen LogP contribution in [0.4, 0.5) is 4.39 Å². The van der Waals surface area contributed by atoms with Gasteiger partial charge in [0.2, 0.25) is 0 Å². The van der Waals surface area contributed by atoms with Crippen molar-refractivity contribution in [1.82, 2.24) is 0 Å². The molecule has 3 nitrogen and oxygen atoms in total. The minimum absolute atomic E-state index is 0.207. The first-order valence-electron chi connectivity index (χ1n) is 9.86. The topological polar surface area (TPSA) is 27.7 Å². The van der Waals surface area contributed by atoms with Crippen molar-refractivity contribution in [3.8, 4) is 0 Å². The molecule has 1 saturated heterocycles. The average molecular weight is 385 g/mol. The van der Waals surface area contributed by atoms with E-state index in [9.17, 15) is 4.39 Å². The number of hydrogen-bond donors (Lipinski definition) is 0. The highest BCUT2D eigenvalue weighted by Crippen LogP contribution is 2.36. The number of alkyl halides is 1. The third-order valence-corrected chi connectivity index (χ3v) is 5.69. The maximum Gasteiger partial charge on any atom is 0.134 e. The Bertz CT molecular complexity index is 497. The number of ether oxygens (including phenoxy) is 3. The Balaban J connectivity index is 1.97. The van der Waals surface area contributed by atoms with E-state index in [0.717, 1.165) is 30.6 Å². The first kappa shape index (κ1) is 21.7. The van der Waals surface area contributed by atoms with Crippen molar-refractivity contribution >= 4 is 11.8 Å². The monoisotopic (exact) mass is 384 g/mol. The maximum absolute atomic E-state index is 14.6. The van der Waals surface area contributed by atoms with Gasteiger partial charge in [0.15, 0.2) is 0 Å². The molecule has 148 valence electrons. The summed E-state index contributed by atoms with van der Waals surface area (Å²) in [6.45, 7) is 7.94. The van der Waals surface area contributed by atoms with Gasteiger partial charge in [0.1, 0.15) is 17.7 Å². The lowest BCUT2D eigenvalue weighted by Gasteiger charge is -2.38. The van der Waals surface area contributed by atoms with Crippen LogP contribution in [-0.4, -0.2) is 43.6 Å². The standard InChI is InChI=1S/C21H33FO3S/c1-4-6-12-23-15-20-18(22)14-19(24-13-7-5-2)21(25-20)26-17-10-8-16(3)9-11-17/h8-11,18-21H,4-7,12-15H2,1-3H3. The van der Waals surface area contributed by atoms with E-state index in [-0.39, 0.29) is 11.5 Å². The van der Waals surface area contributed by atoms with Crippen molar-refractivity contribution in [2.75, 3.05) is 19.8 Å². The van der Waals surface area contributed by atoms with Gasteiger partial charge in [-0.3, -0.25) is 0 Å². The van der Waals surface area contributed by atoms with Crippen LogP contribution < -0.4 is 0 Å². The smallest absolute Gasteiger partial charge is 0.134 e. The number of halogens is 1. The highest BCUT2D eigenvalue weighted by atomic mass is 32.2. The molecule has 0 aliphatic carbocycles. The Morgan fingerprint density at radius 2 is 1.81 bits per heavy atom. The molecule has 4 atom stereocenters. The van der Waals surface area contributed by atoms with E-state index < -0.39 is 12.3 Å². The van der Waals surface area contributed by atoms with Crippen molar-refractivity contribution < 1.29 is 18.6 Å². The van der Waals surface area contributed by atoms with Gasteiger partial charge in [0.25, 0.3) is 0 Å². The Kier molecular flexibility index (Phi) is 9.97. The second-order valence-electron chi connectivity index (χ2n) is 6.92. The first-order valence-corrected chi connectivity index (χ1v) is 10.7. The van der Waals surface area contributed by atoms with Crippen LogP contribution in [-0.2, 0) is 14.2 Å². The Morgan fingerprint density at radius 1 is 1.12 bits per heavy atom. The van der Waals surface area contributed by atoms with Gasteiger partial charge in [-0.2, -0.15) is 0 Å². The Morgan fingerprint density at radius 3 is 2.50 bits per heavy atom. The Labute approximate surface area is 162 Å². The number of thioether (sulfide) groups is 1. The van der Waals surface area contributed by atoms with Gasteiger partial charge in [0.05, 0.1) is 12.7 Å². The molecule has 0 N–H and O–H groups in total. The Hall–Kier alpha value is -0.620. The molecule has 5 heteroatoms. The molecule has 1 heterocycles. The normalized spacial score (nSPS) is 26.2. The van der Waals surface area contributed by atoms with Gasteiger partial charge in [-0.1, -0.05) is 56.1 Å². The van der Waals surface area contributed by atoms with E-state index in [2.05, 4.69) is 45.0 Å². The fourth-order valence-electron chi connectivity index (χ4n) is 2.80. The summed E-state index contributed by atoms with van der Waals surface area (Å²) in [5, 5.41) is 0. The SMILES string of the molecule is CCCCOCC1OC(Sc2ccc(C)cc2)C(OCCCC)CC1F. The zero-order valence-electron chi connectivity index (χ0n) is 16.3. The molecular formula is C21H33FO3S. The van der Waals surface area contributed by atoms with Gasteiger partial charge in [-0.15, -0.1) is 0 Å². The molecule has 26 heavy (non-hydrogen) atoms. The van der Waals surface area contributed by atoms with Crippen LogP contribution in [0, 0.1) is 6.92 Å².